The molecule has 2 N–H and O–H groups in total. The molecule has 0 spiro atoms. The molecule has 1 aromatic carbocycles. The zero-order valence-electron chi connectivity index (χ0n) is 9.39. The molecule has 0 aliphatic rings. The summed E-state index contributed by atoms with van der Waals surface area (Å²) in [5.74, 6) is 0.593. The van der Waals surface area contributed by atoms with Crippen molar-refractivity contribution in [2.45, 2.75) is 40.5 Å². The van der Waals surface area contributed by atoms with Crippen molar-refractivity contribution in [3.8, 4) is 0 Å². The Morgan fingerprint density at radius 3 is 2.08 bits per heavy atom. The highest BCUT2D eigenvalue weighted by atomic mass is 14.5. The molecule has 0 bridgehead atoms. The van der Waals surface area contributed by atoms with Crippen molar-refractivity contribution in [3.05, 3.63) is 29.3 Å². The summed E-state index contributed by atoms with van der Waals surface area (Å²) >= 11 is 0. The molecule has 0 aliphatic heterocycles. The van der Waals surface area contributed by atoms with Crippen molar-refractivity contribution in [2.24, 2.45) is 0 Å². The highest BCUT2D eigenvalue weighted by Crippen LogP contribution is 2.20. The average molecular weight is 179 g/mol. The standard InChI is InChI=1S/C10H15N.C2H6/c1-7(2)10-5-4-9(11)6-8(10)3;1-2/h4-7H,11H2,1-3H3;1-2H3. The highest BCUT2D eigenvalue weighted by molar-refractivity contribution is 5.45. The Morgan fingerprint density at radius 1 is 1.15 bits per heavy atom. The summed E-state index contributed by atoms with van der Waals surface area (Å²) < 4.78 is 0. The molecule has 0 saturated carbocycles. The van der Waals surface area contributed by atoms with Gasteiger partial charge in [0.2, 0.25) is 0 Å². The smallest absolute Gasteiger partial charge is 0.0316 e. The molecule has 0 radical (unpaired) electrons. The van der Waals surface area contributed by atoms with E-state index >= 15 is 0 Å². The highest BCUT2D eigenvalue weighted by Gasteiger charge is 2.01. The Hall–Kier alpha value is -0.980. The van der Waals surface area contributed by atoms with Gasteiger partial charge in [-0.25, -0.2) is 0 Å². The maximum atomic E-state index is 5.63. The molecule has 0 aliphatic carbocycles. The van der Waals surface area contributed by atoms with Gasteiger partial charge in [0.25, 0.3) is 0 Å². The van der Waals surface area contributed by atoms with E-state index in [1.807, 2.05) is 26.0 Å². The molecule has 13 heavy (non-hydrogen) atoms. The maximum Gasteiger partial charge on any atom is 0.0316 e. The van der Waals surface area contributed by atoms with Crippen molar-refractivity contribution in [2.75, 3.05) is 5.73 Å². The van der Waals surface area contributed by atoms with E-state index in [-0.39, 0.29) is 0 Å². The normalized spacial score (nSPS) is 9.38. The van der Waals surface area contributed by atoms with Crippen LogP contribution in [-0.2, 0) is 0 Å². The summed E-state index contributed by atoms with van der Waals surface area (Å²) in [6.07, 6.45) is 0. The zero-order valence-corrected chi connectivity index (χ0v) is 9.39. The Morgan fingerprint density at radius 2 is 1.69 bits per heavy atom. The van der Waals surface area contributed by atoms with E-state index in [1.165, 1.54) is 11.1 Å². The van der Waals surface area contributed by atoms with Gasteiger partial charge in [0.1, 0.15) is 0 Å². The molecule has 74 valence electrons. The van der Waals surface area contributed by atoms with E-state index in [0.29, 0.717) is 5.92 Å². The van der Waals surface area contributed by atoms with Gasteiger partial charge in [-0.05, 0) is 36.1 Å². The third kappa shape index (κ3) is 3.49. The lowest BCUT2D eigenvalue weighted by Crippen LogP contribution is -1.93. The Labute approximate surface area is 82.0 Å². The molecular weight excluding hydrogens is 158 g/mol. The zero-order chi connectivity index (χ0) is 10.4. The van der Waals surface area contributed by atoms with Crippen LogP contribution in [0.4, 0.5) is 5.69 Å². The second kappa shape index (κ2) is 5.63. The molecule has 1 heteroatoms. The van der Waals surface area contributed by atoms with Crippen molar-refractivity contribution in [1.82, 2.24) is 0 Å². The maximum absolute atomic E-state index is 5.63. The second-order valence-electron chi connectivity index (χ2n) is 3.27. The topological polar surface area (TPSA) is 26.0 Å². The molecule has 0 saturated heterocycles. The van der Waals surface area contributed by atoms with Crippen molar-refractivity contribution >= 4 is 5.69 Å². The van der Waals surface area contributed by atoms with Gasteiger partial charge in [-0.1, -0.05) is 33.8 Å². The predicted octanol–water partition coefficient (Wildman–Crippen LogP) is 3.73. The first-order chi connectivity index (χ1) is 6.11. The van der Waals surface area contributed by atoms with Crippen molar-refractivity contribution in [1.29, 1.82) is 0 Å². The van der Waals surface area contributed by atoms with Gasteiger partial charge in [0.15, 0.2) is 0 Å². The number of anilines is 1. The number of nitrogens with two attached hydrogens (primary N) is 1. The van der Waals surface area contributed by atoms with Gasteiger partial charge in [-0.2, -0.15) is 0 Å². The lowest BCUT2D eigenvalue weighted by Gasteiger charge is -2.09. The van der Waals surface area contributed by atoms with Crippen LogP contribution in [0.5, 0.6) is 0 Å². The minimum absolute atomic E-state index is 0.593. The molecule has 1 rings (SSSR count). The van der Waals surface area contributed by atoms with Gasteiger partial charge >= 0.3 is 0 Å². The third-order valence-electron chi connectivity index (χ3n) is 1.92. The SMILES string of the molecule is CC.Cc1cc(N)ccc1C(C)C. The van der Waals surface area contributed by atoms with Crippen LogP contribution in [-0.4, -0.2) is 0 Å². The number of hydrogen-bond donors (Lipinski definition) is 1. The molecule has 0 aromatic heterocycles. The van der Waals surface area contributed by atoms with Gasteiger partial charge in [-0.15, -0.1) is 0 Å². The van der Waals surface area contributed by atoms with Crippen LogP contribution in [0.2, 0.25) is 0 Å². The van der Waals surface area contributed by atoms with Gasteiger partial charge < -0.3 is 5.73 Å². The summed E-state index contributed by atoms with van der Waals surface area (Å²) in [6, 6.07) is 6.09. The Kier molecular flexibility index (Phi) is 5.20. The second-order valence-corrected chi connectivity index (χ2v) is 3.27. The lowest BCUT2D eigenvalue weighted by molar-refractivity contribution is 0.857. The minimum Gasteiger partial charge on any atom is -0.399 e. The summed E-state index contributed by atoms with van der Waals surface area (Å²) in [4.78, 5) is 0. The van der Waals surface area contributed by atoms with Crippen LogP contribution in [0.25, 0.3) is 0 Å². The van der Waals surface area contributed by atoms with Crippen molar-refractivity contribution in [3.63, 3.8) is 0 Å². The van der Waals surface area contributed by atoms with Crippen LogP contribution in [0.15, 0.2) is 18.2 Å². The molecular formula is C12H21N. The van der Waals surface area contributed by atoms with Crippen molar-refractivity contribution < 1.29 is 0 Å². The number of nitrogen functional groups attached to an aromatic ring is 1. The fourth-order valence-corrected chi connectivity index (χ4v) is 1.35. The Balaban J connectivity index is 0.000000671. The molecule has 0 unspecified atom stereocenters. The predicted molar refractivity (Wildman–Crippen MR) is 61.0 cm³/mol. The quantitative estimate of drug-likeness (QED) is 0.653. The first kappa shape index (κ1) is 12.0. The molecule has 1 nitrogen and oxygen atoms in total. The number of rotatable bonds is 1. The minimum atomic E-state index is 0.593. The van der Waals surface area contributed by atoms with Crippen LogP contribution < -0.4 is 5.73 Å². The summed E-state index contributed by atoms with van der Waals surface area (Å²) in [7, 11) is 0. The summed E-state index contributed by atoms with van der Waals surface area (Å²) in [6.45, 7) is 10.5. The van der Waals surface area contributed by atoms with Crippen LogP contribution in [0, 0.1) is 6.92 Å². The Bertz CT molecular complexity index is 251. The van der Waals surface area contributed by atoms with Gasteiger partial charge in [-0.3, -0.25) is 0 Å². The fourth-order valence-electron chi connectivity index (χ4n) is 1.35. The lowest BCUT2D eigenvalue weighted by atomic mass is 9.98. The largest absolute Gasteiger partial charge is 0.399 e. The monoisotopic (exact) mass is 179 g/mol. The van der Waals surface area contributed by atoms with E-state index in [9.17, 15) is 0 Å². The van der Waals surface area contributed by atoms with E-state index in [4.69, 9.17) is 5.73 Å². The first-order valence-electron chi connectivity index (χ1n) is 4.97. The van der Waals surface area contributed by atoms with E-state index < -0.39 is 0 Å². The molecule has 0 atom stereocenters. The van der Waals surface area contributed by atoms with Crippen LogP contribution >= 0.6 is 0 Å². The first-order valence-corrected chi connectivity index (χ1v) is 4.97. The van der Waals surface area contributed by atoms with Gasteiger partial charge in [0.05, 0.1) is 0 Å². The van der Waals surface area contributed by atoms with Gasteiger partial charge in [0, 0.05) is 5.69 Å². The molecule has 0 amide bonds. The molecule has 0 fully saturated rings. The summed E-state index contributed by atoms with van der Waals surface area (Å²) in [5.41, 5.74) is 9.16. The fraction of sp³-hybridized carbons (Fsp3) is 0.500. The third-order valence-corrected chi connectivity index (χ3v) is 1.92. The average Bonchev–Trinajstić information content (AvgIpc) is 2.07. The van der Waals surface area contributed by atoms with E-state index in [0.717, 1.165) is 5.69 Å². The van der Waals surface area contributed by atoms with E-state index in [2.05, 4.69) is 26.8 Å². The molecule has 0 heterocycles. The van der Waals surface area contributed by atoms with Crippen LogP contribution in [0.3, 0.4) is 0 Å². The van der Waals surface area contributed by atoms with Crippen LogP contribution in [0.1, 0.15) is 44.7 Å². The summed E-state index contributed by atoms with van der Waals surface area (Å²) in [5, 5.41) is 0. The number of aryl methyl sites for hydroxylation is 1. The number of benzene rings is 1. The number of hydrogen-bond acceptors (Lipinski definition) is 1. The van der Waals surface area contributed by atoms with E-state index in [1.54, 1.807) is 0 Å². The molecule has 1 aromatic rings.